The van der Waals surface area contributed by atoms with Gasteiger partial charge in [0.2, 0.25) is 0 Å². The molecule has 2 aromatic rings. The highest BCUT2D eigenvalue weighted by Crippen LogP contribution is 2.29. The van der Waals surface area contributed by atoms with E-state index in [-0.39, 0.29) is 19.1 Å². The number of hydrogen-bond donors (Lipinski definition) is 2. The average molecular weight is 320 g/mol. The summed E-state index contributed by atoms with van der Waals surface area (Å²) in [6.45, 7) is -0.0907. The lowest BCUT2D eigenvalue weighted by Gasteiger charge is -2.20. The Morgan fingerprint density at radius 1 is 1.41 bits per heavy atom. The van der Waals surface area contributed by atoms with Crippen LogP contribution in [0.4, 0.5) is 0 Å². The number of aliphatic hydroxyl groups is 1. The molecule has 2 heterocycles. The Kier molecular flexibility index (Phi) is 4.18. The van der Waals surface area contributed by atoms with Gasteiger partial charge in [-0.05, 0) is 36.4 Å². The Balaban J connectivity index is 1.78. The molecule has 6 heteroatoms. The summed E-state index contributed by atoms with van der Waals surface area (Å²) in [6, 6.07) is 8.04. The zero-order valence-electron chi connectivity index (χ0n) is 11.6. The van der Waals surface area contributed by atoms with Crippen molar-refractivity contribution in [2.24, 2.45) is 0 Å². The van der Waals surface area contributed by atoms with E-state index in [9.17, 15) is 9.90 Å². The second kappa shape index (κ2) is 6.25. The van der Waals surface area contributed by atoms with E-state index < -0.39 is 6.04 Å². The van der Waals surface area contributed by atoms with Crippen LogP contribution in [-0.4, -0.2) is 24.2 Å². The number of aliphatic hydroxyl groups excluding tert-OH is 1. The molecule has 0 spiro atoms. The lowest BCUT2D eigenvalue weighted by molar-refractivity contribution is -0.119. The maximum absolute atomic E-state index is 12.3. The van der Waals surface area contributed by atoms with Gasteiger partial charge in [-0.2, -0.15) is 0 Å². The van der Waals surface area contributed by atoms with E-state index in [1.807, 2.05) is 0 Å². The van der Waals surface area contributed by atoms with E-state index in [0.29, 0.717) is 22.1 Å². The zero-order chi connectivity index (χ0) is 15.5. The van der Waals surface area contributed by atoms with E-state index in [2.05, 4.69) is 5.32 Å². The number of rotatable bonds is 4. The van der Waals surface area contributed by atoms with Crippen LogP contribution in [0.2, 0.25) is 5.02 Å². The minimum Gasteiger partial charge on any atom is -0.488 e. The van der Waals surface area contributed by atoms with Crippen LogP contribution in [0.5, 0.6) is 5.75 Å². The number of carbonyl (C=O) groups excluding carboxylic acids is 1. The first kappa shape index (κ1) is 14.7. The summed E-state index contributed by atoms with van der Waals surface area (Å²) in [4.78, 5) is 12.3. The maximum Gasteiger partial charge on any atom is 0.251 e. The summed E-state index contributed by atoms with van der Waals surface area (Å²) in [6.07, 6.45) is 3.22. The standard InChI is InChI=1S/C16H14ClNO4/c17-12-3-4-14-10(7-12)6-11(9-22-14)16(20)18-13(8-19)15-2-1-5-21-15/h1-7,13,19H,8-9H2,(H,18,20). The first-order chi connectivity index (χ1) is 10.7. The summed E-state index contributed by atoms with van der Waals surface area (Å²) in [5, 5.41) is 12.7. The number of ether oxygens (including phenoxy) is 1. The highest BCUT2D eigenvalue weighted by Gasteiger charge is 2.22. The van der Waals surface area contributed by atoms with E-state index in [4.69, 9.17) is 20.8 Å². The largest absolute Gasteiger partial charge is 0.488 e. The van der Waals surface area contributed by atoms with Gasteiger partial charge in [-0.3, -0.25) is 4.79 Å². The van der Waals surface area contributed by atoms with E-state index in [1.165, 1.54) is 6.26 Å². The number of nitrogens with one attached hydrogen (secondary N) is 1. The van der Waals surface area contributed by atoms with Crippen molar-refractivity contribution < 1.29 is 19.1 Å². The molecular formula is C16H14ClNO4. The van der Waals surface area contributed by atoms with Crippen LogP contribution < -0.4 is 10.1 Å². The SMILES string of the molecule is O=C(NC(CO)c1ccco1)C1=Cc2cc(Cl)ccc2OC1. The molecule has 1 aliphatic rings. The third-order valence-electron chi connectivity index (χ3n) is 3.35. The fraction of sp³-hybridized carbons (Fsp3) is 0.188. The van der Waals surface area contributed by atoms with E-state index >= 15 is 0 Å². The predicted molar refractivity (Wildman–Crippen MR) is 81.6 cm³/mol. The number of carbonyl (C=O) groups is 1. The average Bonchev–Trinajstić information content (AvgIpc) is 3.05. The number of benzene rings is 1. The van der Waals surface area contributed by atoms with Crippen LogP contribution in [0.25, 0.3) is 6.08 Å². The normalized spacial score (nSPS) is 14.5. The second-order valence-corrected chi connectivity index (χ2v) is 5.30. The number of furan rings is 1. The third-order valence-corrected chi connectivity index (χ3v) is 3.59. The third kappa shape index (κ3) is 3.00. The van der Waals surface area contributed by atoms with Crippen molar-refractivity contribution in [3.05, 3.63) is 58.5 Å². The van der Waals surface area contributed by atoms with Gasteiger partial charge in [0.25, 0.3) is 5.91 Å². The lowest BCUT2D eigenvalue weighted by atomic mass is 10.1. The van der Waals surface area contributed by atoms with E-state index in [1.54, 1.807) is 36.4 Å². The molecular weight excluding hydrogens is 306 g/mol. The van der Waals surface area contributed by atoms with Gasteiger partial charge in [0, 0.05) is 10.6 Å². The molecule has 22 heavy (non-hydrogen) atoms. The molecule has 3 rings (SSSR count). The van der Waals surface area contributed by atoms with Gasteiger partial charge in [0.15, 0.2) is 0 Å². The molecule has 1 aromatic heterocycles. The van der Waals surface area contributed by atoms with Gasteiger partial charge in [-0.1, -0.05) is 11.6 Å². The molecule has 1 unspecified atom stereocenters. The van der Waals surface area contributed by atoms with Crippen molar-refractivity contribution in [2.45, 2.75) is 6.04 Å². The summed E-state index contributed by atoms with van der Waals surface area (Å²) in [5.41, 5.74) is 1.21. The molecule has 1 atom stereocenters. The highest BCUT2D eigenvalue weighted by molar-refractivity contribution is 6.30. The maximum atomic E-state index is 12.3. The molecule has 0 saturated carbocycles. The summed E-state index contributed by atoms with van der Waals surface area (Å²) < 4.78 is 10.7. The topological polar surface area (TPSA) is 71.7 Å². The van der Waals surface area contributed by atoms with Crippen LogP contribution in [0.3, 0.4) is 0 Å². The van der Waals surface area contributed by atoms with Crippen molar-refractivity contribution in [2.75, 3.05) is 13.2 Å². The van der Waals surface area contributed by atoms with Crippen LogP contribution >= 0.6 is 11.6 Å². The molecule has 5 nitrogen and oxygen atoms in total. The van der Waals surface area contributed by atoms with Gasteiger partial charge < -0.3 is 19.6 Å². The van der Waals surface area contributed by atoms with Crippen LogP contribution in [0.1, 0.15) is 17.4 Å². The number of fused-ring (bicyclic) bond motifs is 1. The monoisotopic (exact) mass is 319 g/mol. The van der Waals surface area contributed by atoms with Crippen LogP contribution in [0.15, 0.2) is 46.6 Å². The smallest absolute Gasteiger partial charge is 0.251 e. The minimum absolute atomic E-state index is 0.163. The predicted octanol–water partition coefficient (Wildman–Crippen LogP) is 2.56. The van der Waals surface area contributed by atoms with Crippen molar-refractivity contribution in [1.82, 2.24) is 5.32 Å². The number of hydrogen-bond acceptors (Lipinski definition) is 4. The van der Waals surface area contributed by atoms with Crippen molar-refractivity contribution in [1.29, 1.82) is 0 Å². The van der Waals surface area contributed by atoms with Gasteiger partial charge >= 0.3 is 0 Å². The Bertz CT molecular complexity index is 709. The molecule has 1 amide bonds. The van der Waals surface area contributed by atoms with Crippen molar-refractivity contribution >= 4 is 23.6 Å². The minimum atomic E-state index is -0.593. The molecule has 1 aliphatic heterocycles. The summed E-state index contributed by atoms with van der Waals surface area (Å²) in [7, 11) is 0. The van der Waals surface area contributed by atoms with E-state index in [0.717, 1.165) is 5.56 Å². The van der Waals surface area contributed by atoms with Crippen LogP contribution in [-0.2, 0) is 4.79 Å². The van der Waals surface area contributed by atoms with Gasteiger partial charge in [0.05, 0.1) is 18.4 Å². The molecule has 0 radical (unpaired) electrons. The molecule has 0 bridgehead atoms. The Morgan fingerprint density at radius 3 is 3.00 bits per heavy atom. The Hall–Kier alpha value is -2.24. The second-order valence-electron chi connectivity index (χ2n) is 4.86. The lowest BCUT2D eigenvalue weighted by Crippen LogP contribution is -2.33. The fourth-order valence-electron chi connectivity index (χ4n) is 2.23. The molecule has 0 aliphatic carbocycles. The Labute approximate surface area is 132 Å². The molecule has 1 aromatic carbocycles. The molecule has 0 saturated heterocycles. The van der Waals surface area contributed by atoms with Crippen molar-refractivity contribution in [3.63, 3.8) is 0 Å². The zero-order valence-corrected chi connectivity index (χ0v) is 12.3. The molecule has 2 N–H and O–H groups in total. The first-order valence-electron chi connectivity index (χ1n) is 6.75. The Morgan fingerprint density at radius 2 is 2.27 bits per heavy atom. The van der Waals surface area contributed by atoms with Crippen molar-refractivity contribution in [3.8, 4) is 5.75 Å². The van der Waals surface area contributed by atoms with Gasteiger partial charge in [0.1, 0.15) is 24.2 Å². The number of amides is 1. The number of halogens is 1. The highest BCUT2D eigenvalue weighted by atomic mass is 35.5. The van der Waals surface area contributed by atoms with Gasteiger partial charge in [-0.25, -0.2) is 0 Å². The fourth-order valence-corrected chi connectivity index (χ4v) is 2.41. The quantitative estimate of drug-likeness (QED) is 0.908. The first-order valence-corrected chi connectivity index (χ1v) is 7.13. The molecule has 114 valence electrons. The van der Waals surface area contributed by atoms with Crippen LogP contribution in [0, 0.1) is 0 Å². The van der Waals surface area contributed by atoms with Gasteiger partial charge in [-0.15, -0.1) is 0 Å². The summed E-state index contributed by atoms with van der Waals surface area (Å²) in [5.74, 6) is 0.864. The summed E-state index contributed by atoms with van der Waals surface area (Å²) >= 11 is 5.95. The molecule has 0 fully saturated rings.